The van der Waals surface area contributed by atoms with Crippen LogP contribution in [0.4, 0.5) is 0 Å². The van der Waals surface area contributed by atoms with Crippen molar-refractivity contribution in [2.45, 2.75) is 26.8 Å². The van der Waals surface area contributed by atoms with Crippen LogP contribution in [-0.4, -0.2) is 10.8 Å². The van der Waals surface area contributed by atoms with E-state index in [1.807, 2.05) is 19.2 Å². The van der Waals surface area contributed by atoms with E-state index in [0.717, 1.165) is 12.0 Å². The fraction of sp³-hybridized carbons (Fsp3) is 0.400. The summed E-state index contributed by atoms with van der Waals surface area (Å²) in [6.07, 6.45) is 4.42. The van der Waals surface area contributed by atoms with E-state index in [9.17, 15) is 0 Å². The molecule has 0 saturated carbocycles. The van der Waals surface area contributed by atoms with Crippen molar-refractivity contribution in [2.75, 3.05) is 0 Å². The van der Waals surface area contributed by atoms with Crippen LogP contribution in [0, 0.1) is 6.92 Å². The zero-order chi connectivity index (χ0) is 9.68. The number of hydrogen-bond acceptors (Lipinski definition) is 2. The maximum atomic E-state index is 5.60. The molecule has 13 heavy (non-hydrogen) atoms. The normalized spacial score (nSPS) is 11.7. The molecular formula is C10H15N3. The molecule has 0 bridgehead atoms. The van der Waals surface area contributed by atoms with Gasteiger partial charge >= 0.3 is 0 Å². The van der Waals surface area contributed by atoms with Crippen molar-refractivity contribution < 1.29 is 0 Å². The summed E-state index contributed by atoms with van der Waals surface area (Å²) >= 11 is 0. The first-order valence-electron chi connectivity index (χ1n) is 4.42. The van der Waals surface area contributed by atoms with Gasteiger partial charge in [-0.2, -0.15) is 0 Å². The van der Waals surface area contributed by atoms with Crippen molar-refractivity contribution in [1.29, 1.82) is 0 Å². The Morgan fingerprint density at radius 2 is 2.38 bits per heavy atom. The highest BCUT2D eigenvalue weighted by atomic mass is 14.8. The Morgan fingerprint density at radius 1 is 1.62 bits per heavy atom. The molecule has 0 aliphatic rings. The van der Waals surface area contributed by atoms with Crippen LogP contribution in [0.3, 0.4) is 0 Å². The molecule has 3 heteroatoms. The van der Waals surface area contributed by atoms with Crippen molar-refractivity contribution in [2.24, 2.45) is 10.7 Å². The Balaban J connectivity index is 2.70. The van der Waals surface area contributed by atoms with Crippen LogP contribution in [0.1, 0.15) is 24.5 Å². The van der Waals surface area contributed by atoms with Gasteiger partial charge in [0.2, 0.25) is 0 Å². The molecule has 0 aromatic carbocycles. The first kappa shape index (κ1) is 9.71. The summed E-state index contributed by atoms with van der Waals surface area (Å²) in [5.41, 5.74) is 7.95. The molecule has 0 amide bonds. The summed E-state index contributed by atoms with van der Waals surface area (Å²) in [4.78, 5) is 8.27. The lowest BCUT2D eigenvalue weighted by Gasteiger charge is -2.01. The predicted molar refractivity (Wildman–Crippen MR) is 54.6 cm³/mol. The molecule has 0 radical (unpaired) electrons. The van der Waals surface area contributed by atoms with Gasteiger partial charge in [-0.25, -0.2) is 0 Å². The zero-order valence-corrected chi connectivity index (χ0v) is 8.12. The van der Waals surface area contributed by atoms with Crippen LogP contribution in [0.5, 0.6) is 0 Å². The van der Waals surface area contributed by atoms with E-state index in [1.54, 1.807) is 6.20 Å². The molecule has 1 heterocycles. The highest BCUT2D eigenvalue weighted by Crippen LogP contribution is 2.05. The Morgan fingerprint density at radius 3 is 3.00 bits per heavy atom. The standard InChI is InChI=1S/C10H15N3/c1-3-10(11)13-7-9-6-12-5-4-8(9)2/h4-6H,3,7H2,1-2H3,(H2,11,13). The summed E-state index contributed by atoms with van der Waals surface area (Å²) in [5.74, 6) is 0.697. The lowest BCUT2D eigenvalue weighted by Crippen LogP contribution is -2.09. The van der Waals surface area contributed by atoms with Gasteiger partial charge in [0.15, 0.2) is 0 Å². The highest BCUT2D eigenvalue weighted by molar-refractivity contribution is 5.79. The van der Waals surface area contributed by atoms with Gasteiger partial charge in [0.25, 0.3) is 0 Å². The van der Waals surface area contributed by atoms with E-state index >= 15 is 0 Å². The summed E-state index contributed by atoms with van der Waals surface area (Å²) in [6.45, 7) is 4.68. The lowest BCUT2D eigenvalue weighted by molar-refractivity contribution is 1.00. The zero-order valence-electron chi connectivity index (χ0n) is 8.12. The van der Waals surface area contributed by atoms with Gasteiger partial charge in [-0.3, -0.25) is 9.98 Å². The number of pyridine rings is 1. The van der Waals surface area contributed by atoms with Crippen molar-refractivity contribution in [3.05, 3.63) is 29.6 Å². The van der Waals surface area contributed by atoms with Gasteiger partial charge in [0.1, 0.15) is 0 Å². The number of rotatable bonds is 3. The first-order valence-corrected chi connectivity index (χ1v) is 4.42. The minimum Gasteiger partial charge on any atom is -0.387 e. The highest BCUT2D eigenvalue weighted by Gasteiger charge is 1.95. The molecule has 70 valence electrons. The molecule has 0 saturated heterocycles. The molecule has 1 rings (SSSR count). The largest absolute Gasteiger partial charge is 0.387 e. The molecule has 0 fully saturated rings. The smallest absolute Gasteiger partial charge is 0.0938 e. The van der Waals surface area contributed by atoms with Crippen LogP contribution in [0.15, 0.2) is 23.5 Å². The maximum Gasteiger partial charge on any atom is 0.0938 e. The van der Waals surface area contributed by atoms with Gasteiger partial charge in [-0.15, -0.1) is 0 Å². The summed E-state index contributed by atoms with van der Waals surface area (Å²) in [7, 11) is 0. The van der Waals surface area contributed by atoms with Gasteiger partial charge < -0.3 is 5.73 Å². The molecule has 3 nitrogen and oxygen atoms in total. The van der Waals surface area contributed by atoms with E-state index in [0.29, 0.717) is 12.4 Å². The Labute approximate surface area is 78.7 Å². The minimum absolute atomic E-state index is 0.638. The third kappa shape index (κ3) is 2.86. The van der Waals surface area contributed by atoms with E-state index < -0.39 is 0 Å². The fourth-order valence-electron chi connectivity index (χ4n) is 0.961. The summed E-state index contributed by atoms with van der Waals surface area (Å²) in [5, 5.41) is 0. The van der Waals surface area contributed by atoms with Crippen LogP contribution in [-0.2, 0) is 6.54 Å². The van der Waals surface area contributed by atoms with Gasteiger partial charge in [-0.05, 0) is 24.1 Å². The number of nitrogens with zero attached hydrogens (tertiary/aromatic N) is 2. The number of nitrogens with two attached hydrogens (primary N) is 1. The summed E-state index contributed by atoms with van der Waals surface area (Å²) < 4.78 is 0. The van der Waals surface area contributed by atoms with E-state index in [1.165, 1.54) is 5.56 Å². The summed E-state index contributed by atoms with van der Waals surface area (Å²) in [6, 6.07) is 1.98. The van der Waals surface area contributed by atoms with E-state index in [2.05, 4.69) is 16.9 Å². The average molecular weight is 177 g/mol. The molecule has 0 aliphatic carbocycles. The Bertz CT molecular complexity index is 305. The molecule has 0 atom stereocenters. The molecule has 2 N–H and O–H groups in total. The lowest BCUT2D eigenvalue weighted by atomic mass is 10.2. The van der Waals surface area contributed by atoms with Crippen molar-refractivity contribution >= 4 is 5.84 Å². The third-order valence-corrected chi connectivity index (χ3v) is 1.96. The molecule has 1 aromatic rings. The quantitative estimate of drug-likeness (QED) is 0.564. The number of aliphatic imine (C=N–C) groups is 1. The maximum absolute atomic E-state index is 5.60. The molecular weight excluding hydrogens is 162 g/mol. The monoisotopic (exact) mass is 177 g/mol. The number of amidine groups is 1. The fourth-order valence-corrected chi connectivity index (χ4v) is 0.961. The van der Waals surface area contributed by atoms with Crippen LogP contribution < -0.4 is 5.73 Å². The van der Waals surface area contributed by atoms with Gasteiger partial charge in [-0.1, -0.05) is 6.92 Å². The number of aromatic nitrogens is 1. The van der Waals surface area contributed by atoms with Crippen molar-refractivity contribution in [1.82, 2.24) is 4.98 Å². The first-order chi connectivity index (χ1) is 6.24. The number of aryl methyl sites for hydroxylation is 1. The van der Waals surface area contributed by atoms with Crippen molar-refractivity contribution in [3.8, 4) is 0 Å². The second-order valence-electron chi connectivity index (χ2n) is 2.96. The van der Waals surface area contributed by atoms with Crippen LogP contribution >= 0.6 is 0 Å². The average Bonchev–Trinajstić information content (AvgIpc) is 2.16. The van der Waals surface area contributed by atoms with Gasteiger partial charge in [0, 0.05) is 18.8 Å². The second-order valence-corrected chi connectivity index (χ2v) is 2.96. The predicted octanol–water partition coefficient (Wildman–Crippen LogP) is 1.66. The van der Waals surface area contributed by atoms with Crippen molar-refractivity contribution in [3.63, 3.8) is 0 Å². The Kier molecular flexibility index (Phi) is 3.43. The molecule has 0 spiro atoms. The molecule has 0 aliphatic heterocycles. The second kappa shape index (κ2) is 4.60. The van der Waals surface area contributed by atoms with E-state index in [4.69, 9.17) is 5.73 Å². The van der Waals surface area contributed by atoms with Crippen LogP contribution in [0.2, 0.25) is 0 Å². The SMILES string of the molecule is CCC(N)=NCc1cnccc1C. The molecule has 1 aromatic heterocycles. The number of hydrogen-bond donors (Lipinski definition) is 1. The topological polar surface area (TPSA) is 51.3 Å². The van der Waals surface area contributed by atoms with Gasteiger partial charge in [0.05, 0.1) is 12.4 Å². The molecule has 0 unspecified atom stereocenters. The Hall–Kier alpha value is -1.38. The van der Waals surface area contributed by atoms with Crippen LogP contribution in [0.25, 0.3) is 0 Å². The third-order valence-electron chi connectivity index (χ3n) is 1.96. The van der Waals surface area contributed by atoms with E-state index in [-0.39, 0.29) is 0 Å². The minimum atomic E-state index is 0.638.